The van der Waals surface area contributed by atoms with E-state index in [0.717, 1.165) is 17.1 Å². The Morgan fingerprint density at radius 1 is 1.14 bits per heavy atom. The highest BCUT2D eigenvalue weighted by molar-refractivity contribution is 5.92. The summed E-state index contributed by atoms with van der Waals surface area (Å²) in [4.78, 5) is 16.1. The van der Waals surface area contributed by atoms with Crippen molar-refractivity contribution in [1.82, 2.24) is 10.3 Å². The largest absolute Gasteiger partial charge is 0.497 e. The van der Waals surface area contributed by atoms with Crippen molar-refractivity contribution in [3.05, 3.63) is 48.3 Å². The van der Waals surface area contributed by atoms with Gasteiger partial charge in [0.05, 0.1) is 19.0 Å². The number of rotatable bonds is 6. The van der Waals surface area contributed by atoms with Crippen LogP contribution in [0.2, 0.25) is 0 Å². The molecule has 2 aromatic rings. The molecule has 2 N–H and O–H groups in total. The highest BCUT2D eigenvalue weighted by Gasteiger charge is 2.07. The summed E-state index contributed by atoms with van der Waals surface area (Å²) in [7, 11) is 1.63. The average molecular weight is 299 g/mol. The second-order valence-electron chi connectivity index (χ2n) is 5.39. The number of ether oxygens (including phenoxy) is 1. The first kappa shape index (κ1) is 15.8. The number of nitrogens with zero attached hydrogens (tertiary/aromatic N) is 1. The predicted octanol–water partition coefficient (Wildman–Crippen LogP) is 3.22. The lowest BCUT2D eigenvalue weighted by Gasteiger charge is -2.09. The van der Waals surface area contributed by atoms with Crippen LogP contribution in [0.25, 0.3) is 0 Å². The fraction of sp³-hybridized carbons (Fsp3) is 0.294. The molecule has 0 atom stereocenters. The number of hydrogen-bond donors (Lipinski definition) is 2. The van der Waals surface area contributed by atoms with Crippen LogP contribution in [0.1, 0.15) is 24.3 Å². The Kier molecular flexibility index (Phi) is 5.36. The smallest absolute Gasteiger partial charge is 0.269 e. The Morgan fingerprint density at radius 2 is 1.82 bits per heavy atom. The van der Waals surface area contributed by atoms with E-state index in [1.807, 2.05) is 30.3 Å². The average Bonchev–Trinajstić information content (AvgIpc) is 2.54. The molecule has 1 amide bonds. The maximum atomic E-state index is 11.9. The fourth-order valence-electron chi connectivity index (χ4n) is 1.83. The zero-order valence-electron chi connectivity index (χ0n) is 13.1. The van der Waals surface area contributed by atoms with Gasteiger partial charge < -0.3 is 15.4 Å². The Hall–Kier alpha value is -2.56. The van der Waals surface area contributed by atoms with Crippen LogP contribution in [0, 0.1) is 5.92 Å². The van der Waals surface area contributed by atoms with E-state index < -0.39 is 0 Å². The molecule has 0 saturated carbocycles. The molecule has 1 aromatic heterocycles. The summed E-state index contributed by atoms with van der Waals surface area (Å²) < 4.78 is 5.12. The standard InChI is InChI=1S/C17H21N3O2/c1-12(2)10-19-17(21)16-9-6-14(11-18-16)20-13-4-7-15(22-3)8-5-13/h4-9,11-12,20H,10H2,1-3H3,(H,19,21). The molecule has 22 heavy (non-hydrogen) atoms. The molecule has 1 aromatic carbocycles. The van der Waals surface area contributed by atoms with Crippen molar-refractivity contribution in [3.8, 4) is 5.75 Å². The van der Waals surface area contributed by atoms with Crippen molar-refractivity contribution in [1.29, 1.82) is 0 Å². The third kappa shape index (κ3) is 4.48. The van der Waals surface area contributed by atoms with Gasteiger partial charge in [-0.2, -0.15) is 0 Å². The monoisotopic (exact) mass is 299 g/mol. The third-order valence-corrected chi connectivity index (χ3v) is 3.05. The number of aromatic nitrogens is 1. The number of carbonyl (C=O) groups excluding carboxylic acids is 1. The van der Waals surface area contributed by atoms with Crippen LogP contribution in [0.5, 0.6) is 5.75 Å². The third-order valence-electron chi connectivity index (χ3n) is 3.05. The van der Waals surface area contributed by atoms with Crippen LogP contribution < -0.4 is 15.4 Å². The van der Waals surface area contributed by atoms with Crippen LogP contribution in [-0.4, -0.2) is 24.5 Å². The van der Waals surface area contributed by atoms with Gasteiger partial charge >= 0.3 is 0 Å². The van der Waals surface area contributed by atoms with Gasteiger partial charge in [-0.25, -0.2) is 4.98 Å². The molecular weight excluding hydrogens is 278 g/mol. The van der Waals surface area contributed by atoms with Crippen molar-refractivity contribution in [2.45, 2.75) is 13.8 Å². The molecule has 0 aliphatic heterocycles. The summed E-state index contributed by atoms with van der Waals surface area (Å²) in [5.41, 5.74) is 2.17. The van der Waals surface area contributed by atoms with Crippen molar-refractivity contribution in [2.75, 3.05) is 19.0 Å². The second-order valence-corrected chi connectivity index (χ2v) is 5.39. The second kappa shape index (κ2) is 7.45. The number of pyridine rings is 1. The molecule has 1 heterocycles. The quantitative estimate of drug-likeness (QED) is 0.859. The van der Waals surface area contributed by atoms with Gasteiger partial charge in [0.15, 0.2) is 0 Å². The minimum absolute atomic E-state index is 0.148. The first-order chi connectivity index (χ1) is 10.6. The van der Waals surface area contributed by atoms with Crippen LogP contribution in [0.4, 0.5) is 11.4 Å². The first-order valence-electron chi connectivity index (χ1n) is 7.24. The molecule has 0 unspecified atom stereocenters. The minimum Gasteiger partial charge on any atom is -0.497 e. The van der Waals surface area contributed by atoms with E-state index in [9.17, 15) is 4.79 Å². The van der Waals surface area contributed by atoms with Crippen molar-refractivity contribution < 1.29 is 9.53 Å². The van der Waals surface area contributed by atoms with Crippen LogP contribution in [0.15, 0.2) is 42.6 Å². The van der Waals surface area contributed by atoms with Gasteiger partial charge in [-0.05, 0) is 42.3 Å². The molecule has 0 bridgehead atoms. The van der Waals surface area contributed by atoms with E-state index in [4.69, 9.17) is 4.74 Å². The Morgan fingerprint density at radius 3 is 2.36 bits per heavy atom. The van der Waals surface area contributed by atoms with Crippen molar-refractivity contribution >= 4 is 17.3 Å². The Labute approximate surface area is 130 Å². The van der Waals surface area contributed by atoms with E-state index in [0.29, 0.717) is 18.2 Å². The summed E-state index contributed by atoms with van der Waals surface area (Å²) in [5, 5.41) is 6.07. The maximum Gasteiger partial charge on any atom is 0.269 e. The number of benzene rings is 1. The molecule has 5 nitrogen and oxygen atoms in total. The van der Waals surface area contributed by atoms with E-state index >= 15 is 0 Å². The maximum absolute atomic E-state index is 11.9. The van der Waals surface area contributed by atoms with Gasteiger partial charge in [-0.15, -0.1) is 0 Å². The molecule has 0 spiro atoms. The molecule has 0 saturated heterocycles. The van der Waals surface area contributed by atoms with Gasteiger partial charge in [-0.3, -0.25) is 4.79 Å². The van der Waals surface area contributed by atoms with E-state index in [1.54, 1.807) is 19.4 Å². The molecule has 0 aliphatic carbocycles. The molecular formula is C17H21N3O2. The first-order valence-corrected chi connectivity index (χ1v) is 7.24. The zero-order chi connectivity index (χ0) is 15.9. The summed E-state index contributed by atoms with van der Waals surface area (Å²) in [6.07, 6.45) is 1.65. The minimum atomic E-state index is -0.148. The predicted molar refractivity (Wildman–Crippen MR) is 87.7 cm³/mol. The number of anilines is 2. The summed E-state index contributed by atoms with van der Waals surface area (Å²) >= 11 is 0. The van der Waals surface area contributed by atoms with Crippen molar-refractivity contribution in [2.24, 2.45) is 5.92 Å². The van der Waals surface area contributed by atoms with Gasteiger partial charge in [0.1, 0.15) is 11.4 Å². The highest BCUT2D eigenvalue weighted by Crippen LogP contribution is 2.19. The van der Waals surface area contributed by atoms with Gasteiger partial charge in [-0.1, -0.05) is 13.8 Å². The number of amides is 1. The molecule has 116 valence electrons. The number of hydrogen-bond acceptors (Lipinski definition) is 4. The molecule has 0 aliphatic rings. The lowest BCUT2D eigenvalue weighted by Crippen LogP contribution is -2.27. The molecule has 2 rings (SSSR count). The van der Waals surface area contributed by atoms with Gasteiger partial charge in [0.2, 0.25) is 0 Å². The normalized spacial score (nSPS) is 10.4. The van der Waals surface area contributed by atoms with Crippen LogP contribution in [0.3, 0.4) is 0 Å². The summed E-state index contributed by atoms with van der Waals surface area (Å²) in [6, 6.07) is 11.1. The summed E-state index contributed by atoms with van der Waals surface area (Å²) in [5.74, 6) is 1.07. The Balaban J connectivity index is 1.97. The Bertz CT molecular complexity index is 607. The van der Waals surface area contributed by atoms with E-state index in [1.165, 1.54) is 0 Å². The van der Waals surface area contributed by atoms with Gasteiger partial charge in [0.25, 0.3) is 5.91 Å². The molecule has 0 radical (unpaired) electrons. The van der Waals surface area contributed by atoms with E-state index in [2.05, 4.69) is 29.5 Å². The number of methoxy groups -OCH3 is 1. The fourth-order valence-corrected chi connectivity index (χ4v) is 1.83. The SMILES string of the molecule is COc1ccc(Nc2ccc(C(=O)NCC(C)C)nc2)cc1. The van der Waals surface area contributed by atoms with Gasteiger partial charge in [0, 0.05) is 12.2 Å². The van der Waals surface area contributed by atoms with Crippen LogP contribution >= 0.6 is 0 Å². The lowest BCUT2D eigenvalue weighted by molar-refractivity contribution is 0.0944. The number of carbonyl (C=O) groups is 1. The topological polar surface area (TPSA) is 63.2 Å². The van der Waals surface area contributed by atoms with Crippen molar-refractivity contribution in [3.63, 3.8) is 0 Å². The highest BCUT2D eigenvalue weighted by atomic mass is 16.5. The summed E-state index contributed by atoms with van der Waals surface area (Å²) in [6.45, 7) is 4.75. The lowest BCUT2D eigenvalue weighted by atomic mass is 10.2. The van der Waals surface area contributed by atoms with Crippen LogP contribution in [-0.2, 0) is 0 Å². The molecule has 0 fully saturated rings. The molecule has 5 heteroatoms. The number of nitrogens with one attached hydrogen (secondary N) is 2. The van der Waals surface area contributed by atoms with E-state index in [-0.39, 0.29) is 5.91 Å². The zero-order valence-corrected chi connectivity index (χ0v) is 13.1.